The molecule has 0 saturated carbocycles. The summed E-state index contributed by atoms with van der Waals surface area (Å²) in [6.45, 7) is 22.5. The molecule has 0 spiro atoms. The number of rotatable bonds is 5. The van der Waals surface area contributed by atoms with E-state index in [0.717, 1.165) is 12.8 Å². The average molecular weight is 299 g/mol. The Bertz CT molecular complexity index is 318. The van der Waals surface area contributed by atoms with Crippen LogP contribution in [0.5, 0.6) is 0 Å². The van der Waals surface area contributed by atoms with E-state index >= 15 is 0 Å². The minimum atomic E-state index is -0.0726. The van der Waals surface area contributed by atoms with E-state index in [0.29, 0.717) is 13.0 Å². The summed E-state index contributed by atoms with van der Waals surface area (Å²) in [5.41, 5.74) is 0.485. The lowest BCUT2D eigenvalue weighted by Gasteiger charge is -2.39. The topological polar surface area (TPSA) is 26.3 Å². The van der Waals surface area contributed by atoms with Gasteiger partial charge in [0, 0.05) is 5.41 Å². The molecule has 21 heavy (non-hydrogen) atoms. The normalized spacial score (nSPS) is 14.2. The first-order valence-electron chi connectivity index (χ1n) is 8.17. The van der Waals surface area contributed by atoms with Gasteiger partial charge in [0.1, 0.15) is 0 Å². The molecular weight excluding hydrogens is 260 g/mol. The molecule has 0 amide bonds. The molecule has 0 bridgehead atoms. The molecule has 0 aromatic carbocycles. The molecular formula is C19H38O2. The summed E-state index contributed by atoms with van der Waals surface area (Å²) in [5.74, 6) is -0.0726. The maximum absolute atomic E-state index is 12.0. The molecule has 0 rings (SSSR count). The van der Waals surface area contributed by atoms with E-state index < -0.39 is 0 Å². The minimum absolute atomic E-state index is 0.0124. The Morgan fingerprint density at radius 2 is 1.10 bits per heavy atom. The van der Waals surface area contributed by atoms with Gasteiger partial charge in [0.15, 0.2) is 0 Å². The van der Waals surface area contributed by atoms with Gasteiger partial charge in [-0.3, -0.25) is 4.79 Å². The Labute approximate surface area is 133 Å². The van der Waals surface area contributed by atoms with E-state index in [4.69, 9.17) is 4.74 Å². The van der Waals surface area contributed by atoms with Gasteiger partial charge in [-0.1, -0.05) is 69.2 Å². The van der Waals surface area contributed by atoms with Gasteiger partial charge in [-0.05, 0) is 29.1 Å². The Kier molecular flexibility index (Phi) is 6.54. The van der Waals surface area contributed by atoms with Crippen LogP contribution in [0, 0.1) is 21.7 Å². The van der Waals surface area contributed by atoms with Crippen LogP contribution in [0.1, 0.15) is 88.5 Å². The summed E-state index contributed by atoms with van der Waals surface area (Å²) in [4.78, 5) is 12.0. The summed E-state index contributed by atoms with van der Waals surface area (Å²) in [5, 5.41) is 0. The molecule has 126 valence electrons. The lowest BCUT2D eigenvalue weighted by atomic mass is 9.68. The third-order valence-corrected chi connectivity index (χ3v) is 3.17. The lowest BCUT2D eigenvalue weighted by Crippen LogP contribution is -2.34. The highest BCUT2D eigenvalue weighted by molar-refractivity contribution is 5.70. The molecule has 0 aromatic heterocycles. The van der Waals surface area contributed by atoms with Crippen LogP contribution in [0.15, 0.2) is 0 Å². The van der Waals surface area contributed by atoms with Crippen LogP contribution in [0.25, 0.3) is 0 Å². The maximum Gasteiger partial charge on any atom is 0.306 e. The number of carbonyl (C=O) groups excluding carboxylic acids is 1. The van der Waals surface area contributed by atoms with E-state index in [9.17, 15) is 4.79 Å². The number of ether oxygens (including phenoxy) is 1. The molecule has 0 aromatic rings. The van der Waals surface area contributed by atoms with Gasteiger partial charge in [0.25, 0.3) is 0 Å². The van der Waals surface area contributed by atoms with Crippen molar-refractivity contribution >= 4 is 5.97 Å². The van der Waals surface area contributed by atoms with Crippen molar-refractivity contribution < 1.29 is 9.53 Å². The van der Waals surface area contributed by atoms with Crippen molar-refractivity contribution in [2.75, 3.05) is 6.61 Å². The molecule has 0 unspecified atom stereocenters. The fraction of sp³-hybridized carbons (Fsp3) is 0.947. The minimum Gasteiger partial charge on any atom is -0.465 e. The van der Waals surface area contributed by atoms with Crippen LogP contribution in [0.2, 0.25) is 0 Å². The van der Waals surface area contributed by atoms with Crippen molar-refractivity contribution in [2.24, 2.45) is 21.7 Å². The molecule has 0 aliphatic heterocycles. The first kappa shape index (κ1) is 20.5. The maximum atomic E-state index is 12.0. The SMILES string of the molecule is CC(C)(C)CC(=O)OCC(C)(CC(C)(C)C)CC(C)(C)C. The summed E-state index contributed by atoms with van der Waals surface area (Å²) in [6, 6.07) is 0. The van der Waals surface area contributed by atoms with Gasteiger partial charge in [-0.2, -0.15) is 0 Å². The monoisotopic (exact) mass is 298 g/mol. The molecule has 0 N–H and O–H groups in total. The zero-order valence-corrected chi connectivity index (χ0v) is 16.1. The predicted octanol–water partition coefficient (Wildman–Crippen LogP) is 5.84. The van der Waals surface area contributed by atoms with Crippen LogP contribution in [-0.4, -0.2) is 12.6 Å². The number of esters is 1. The second-order valence-corrected chi connectivity index (χ2v) is 10.7. The van der Waals surface area contributed by atoms with Crippen molar-refractivity contribution in [2.45, 2.75) is 88.5 Å². The van der Waals surface area contributed by atoms with E-state index in [1.165, 1.54) is 0 Å². The standard InChI is InChI=1S/C19H38O2/c1-16(2,3)11-15(20)21-14-19(10,12-17(4,5)6)13-18(7,8)9/h11-14H2,1-10H3. The molecule has 0 aliphatic rings. The second-order valence-electron chi connectivity index (χ2n) is 10.7. The Balaban J connectivity index is 4.80. The highest BCUT2D eigenvalue weighted by atomic mass is 16.5. The van der Waals surface area contributed by atoms with Gasteiger partial charge >= 0.3 is 5.97 Å². The number of hydrogen-bond donors (Lipinski definition) is 0. The van der Waals surface area contributed by atoms with E-state index in [-0.39, 0.29) is 27.6 Å². The molecule has 0 fully saturated rings. The average Bonchev–Trinajstić information content (AvgIpc) is 2.05. The highest BCUT2D eigenvalue weighted by Gasteiger charge is 2.35. The molecule has 0 atom stereocenters. The van der Waals surface area contributed by atoms with Crippen LogP contribution in [0.4, 0.5) is 0 Å². The Hall–Kier alpha value is -0.530. The largest absolute Gasteiger partial charge is 0.465 e. The highest BCUT2D eigenvalue weighted by Crippen LogP contribution is 2.42. The van der Waals surface area contributed by atoms with Crippen LogP contribution in [-0.2, 0) is 9.53 Å². The van der Waals surface area contributed by atoms with E-state index in [1.54, 1.807) is 0 Å². The first-order chi connectivity index (χ1) is 9.02. The van der Waals surface area contributed by atoms with E-state index in [2.05, 4.69) is 69.2 Å². The molecule has 0 saturated heterocycles. The van der Waals surface area contributed by atoms with Crippen LogP contribution in [0.3, 0.4) is 0 Å². The molecule has 0 radical (unpaired) electrons. The zero-order chi connectivity index (χ0) is 17.1. The summed E-state index contributed by atoms with van der Waals surface area (Å²) in [7, 11) is 0. The summed E-state index contributed by atoms with van der Waals surface area (Å²) >= 11 is 0. The number of carbonyl (C=O) groups is 1. The third kappa shape index (κ3) is 11.8. The molecule has 0 heterocycles. The molecule has 2 heteroatoms. The van der Waals surface area contributed by atoms with Crippen molar-refractivity contribution in [1.29, 1.82) is 0 Å². The van der Waals surface area contributed by atoms with Gasteiger partial charge in [0.2, 0.25) is 0 Å². The van der Waals surface area contributed by atoms with Crippen molar-refractivity contribution in [1.82, 2.24) is 0 Å². The third-order valence-electron chi connectivity index (χ3n) is 3.17. The first-order valence-corrected chi connectivity index (χ1v) is 8.17. The van der Waals surface area contributed by atoms with Crippen molar-refractivity contribution in [3.05, 3.63) is 0 Å². The molecule has 0 aliphatic carbocycles. The Morgan fingerprint density at radius 3 is 1.38 bits per heavy atom. The zero-order valence-electron chi connectivity index (χ0n) is 16.1. The van der Waals surface area contributed by atoms with Gasteiger partial charge in [0.05, 0.1) is 13.0 Å². The smallest absolute Gasteiger partial charge is 0.306 e. The fourth-order valence-electron chi connectivity index (χ4n) is 3.46. The fourth-order valence-corrected chi connectivity index (χ4v) is 3.46. The number of hydrogen-bond acceptors (Lipinski definition) is 2. The Morgan fingerprint density at radius 1 is 0.714 bits per heavy atom. The van der Waals surface area contributed by atoms with Gasteiger partial charge < -0.3 is 4.74 Å². The van der Waals surface area contributed by atoms with Crippen LogP contribution >= 0.6 is 0 Å². The summed E-state index contributed by atoms with van der Waals surface area (Å²) < 4.78 is 5.64. The van der Waals surface area contributed by atoms with Gasteiger partial charge in [-0.25, -0.2) is 0 Å². The predicted molar refractivity (Wildman–Crippen MR) is 91.3 cm³/mol. The lowest BCUT2D eigenvalue weighted by molar-refractivity contribution is -0.150. The van der Waals surface area contributed by atoms with Gasteiger partial charge in [-0.15, -0.1) is 0 Å². The van der Waals surface area contributed by atoms with Crippen molar-refractivity contribution in [3.8, 4) is 0 Å². The molecule has 2 nitrogen and oxygen atoms in total. The van der Waals surface area contributed by atoms with Crippen molar-refractivity contribution in [3.63, 3.8) is 0 Å². The van der Waals surface area contributed by atoms with E-state index in [1.807, 2.05) is 0 Å². The second kappa shape index (κ2) is 6.71. The van der Waals surface area contributed by atoms with Crippen LogP contribution < -0.4 is 0 Å². The quantitative estimate of drug-likeness (QED) is 0.596. The summed E-state index contributed by atoms with van der Waals surface area (Å²) in [6.07, 6.45) is 2.59.